The van der Waals surface area contributed by atoms with Gasteiger partial charge < -0.3 is 5.32 Å². The number of hydrogen-bond donors (Lipinski definition) is 1. The van der Waals surface area contributed by atoms with Crippen molar-refractivity contribution in [3.8, 4) is 5.69 Å². The maximum atomic E-state index is 13.3. The Balaban J connectivity index is 1.54. The van der Waals surface area contributed by atoms with E-state index in [9.17, 15) is 9.59 Å². The SMILES string of the molecule is Cc1nn([C@H](C)C(=O)NCCCc2ccccc2)c(=O)c2c(C)n(-c3ccccc3)nc12. The summed E-state index contributed by atoms with van der Waals surface area (Å²) in [5.74, 6) is -0.223. The second-order valence-corrected chi connectivity index (χ2v) is 7.95. The fraction of sp³-hybridized carbons (Fsp3) is 0.280. The largest absolute Gasteiger partial charge is 0.354 e. The lowest BCUT2D eigenvalue weighted by Crippen LogP contribution is -2.38. The number of aromatic nitrogens is 4. The average molecular weight is 430 g/mol. The first-order valence-electron chi connectivity index (χ1n) is 10.8. The van der Waals surface area contributed by atoms with Crippen molar-refractivity contribution in [2.45, 2.75) is 39.7 Å². The minimum atomic E-state index is -0.721. The molecule has 2 heterocycles. The lowest BCUT2D eigenvalue weighted by molar-refractivity contribution is -0.124. The van der Waals surface area contributed by atoms with Gasteiger partial charge in [0.1, 0.15) is 11.6 Å². The number of fused-ring (bicyclic) bond motifs is 1. The molecule has 1 atom stereocenters. The molecule has 0 aliphatic heterocycles. The molecule has 164 valence electrons. The van der Waals surface area contributed by atoms with Crippen LogP contribution in [0.4, 0.5) is 0 Å². The van der Waals surface area contributed by atoms with Gasteiger partial charge in [-0.1, -0.05) is 48.5 Å². The Morgan fingerprint density at radius 1 is 1.00 bits per heavy atom. The van der Waals surface area contributed by atoms with E-state index in [0.29, 0.717) is 23.1 Å². The highest BCUT2D eigenvalue weighted by Crippen LogP contribution is 2.20. The van der Waals surface area contributed by atoms with Gasteiger partial charge in [0, 0.05) is 6.54 Å². The van der Waals surface area contributed by atoms with Gasteiger partial charge in [0.2, 0.25) is 5.91 Å². The Kier molecular flexibility index (Phi) is 6.16. The van der Waals surface area contributed by atoms with E-state index in [0.717, 1.165) is 24.2 Å². The highest BCUT2D eigenvalue weighted by Gasteiger charge is 2.23. The first-order valence-corrected chi connectivity index (χ1v) is 10.8. The van der Waals surface area contributed by atoms with Gasteiger partial charge >= 0.3 is 0 Å². The van der Waals surface area contributed by atoms with Crippen molar-refractivity contribution < 1.29 is 4.79 Å². The van der Waals surface area contributed by atoms with Crippen molar-refractivity contribution in [1.82, 2.24) is 24.9 Å². The molecule has 0 saturated carbocycles. The summed E-state index contributed by atoms with van der Waals surface area (Å²) in [5, 5.41) is 12.5. The third-order valence-corrected chi connectivity index (χ3v) is 5.67. The van der Waals surface area contributed by atoms with Gasteiger partial charge in [-0.15, -0.1) is 0 Å². The monoisotopic (exact) mass is 429 g/mol. The van der Waals surface area contributed by atoms with Crippen LogP contribution in [0.3, 0.4) is 0 Å². The average Bonchev–Trinajstić information content (AvgIpc) is 3.18. The Labute approximate surface area is 186 Å². The molecular weight excluding hydrogens is 402 g/mol. The lowest BCUT2D eigenvalue weighted by Gasteiger charge is -2.15. The number of nitrogens with zero attached hydrogens (tertiary/aromatic N) is 4. The molecule has 7 nitrogen and oxygen atoms in total. The van der Waals surface area contributed by atoms with E-state index in [4.69, 9.17) is 0 Å². The van der Waals surface area contributed by atoms with Crippen LogP contribution in [0.2, 0.25) is 0 Å². The maximum absolute atomic E-state index is 13.3. The molecule has 1 N–H and O–H groups in total. The van der Waals surface area contributed by atoms with Gasteiger partial charge in [-0.3, -0.25) is 9.59 Å². The summed E-state index contributed by atoms with van der Waals surface area (Å²) >= 11 is 0. The molecule has 0 bridgehead atoms. The summed E-state index contributed by atoms with van der Waals surface area (Å²) in [6.45, 7) is 5.91. The zero-order chi connectivity index (χ0) is 22.7. The molecule has 0 fully saturated rings. The van der Waals surface area contributed by atoms with Crippen molar-refractivity contribution in [3.05, 3.63) is 88.0 Å². The van der Waals surface area contributed by atoms with E-state index in [2.05, 4.69) is 27.6 Å². The molecule has 0 radical (unpaired) electrons. The van der Waals surface area contributed by atoms with Crippen LogP contribution >= 0.6 is 0 Å². The van der Waals surface area contributed by atoms with E-state index in [1.165, 1.54) is 10.2 Å². The molecule has 1 amide bonds. The van der Waals surface area contributed by atoms with Gasteiger partial charge in [-0.2, -0.15) is 10.2 Å². The van der Waals surface area contributed by atoms with Crippen LogP contribution in [0.15, 0.2) is 65.5 Å². The molecule has 2 aromatic heterocycles. The predicted molar refractivity (Wildman–Crippen MR) is 125 cm³/mol. The molecule has 0 spiro atoms. The molecule has 0 aliphatic carbocycles. The molecule has 4 aromatic rings. The smallest absolute Gasteiger partial charge is 0.278 e. The summed E-state index contributed by atoms with van der Waals surface area (Å²) in [6.07, 6.45) is 1.71. The summed E-state index contributed by atoms with van der Waals surface area (Å²) in [4.78, 5) is 26.0. The van der Waals surface area contributed by atoms with Gasteiger partial charge in [-0.05, 0) is 51.3 Å². The summed E-state index contributed by atoms with van der Waals surface area (Å²) in [6, 6.07) is 19.1. The van der Waals surface area contributed by atoms with Crippen molar-refractivity contribution in [3.63, 3.8) is 0 Å². The number of para-hydroxylation sites is 1. The minimum Gasteiger partial charge on any atom is -0.354 e. The number of nitrogens with one attached hydrogen (secondary N) is 1. The van der Waals surface area contributed by atoms with Gasteiger partial charge in [0.15, 0.2) is 0 Å². The van der Waals surface area contributed by atoms with Crippen molar-refractivity contribution in [2.75, 3.05) is 6.54 Å². The highest BCUT2D eigenvalue weighted by molar-refractivity contribution is 5.84. The van der Waals surface area contributed by atoms with Crippen LogP contribution in [-0.2, 0) is 11.2 Å². The number of rotatable bonds is 7. The Morgan fingerprint density at radius 3 is 2.34 bits per heavy atom. The van der Waals surface area contributed by atoms with E-state index in [-0.39, 0.29) is 11.5 Å². The summed E-state index contributed by atoms with van der Waals surface area (Å²) in [7, 11) is 0. The second kappa shape index (κ2) is 9.18. The molecule has 32 heavy (non-hydrogen) atoms. The molecule has 4 rings (SSSR count). The highest BCUT2D eigenvalue weighted by atomic mass is 16.2. The fourth-order valence-electron chi connectivity index (χ4n) is 3.87. The molecule has 0 saturated heterocycles. The number of carbonyl (C=O) groups is 1. The van der Waals surface area contributed by atoms with E-state index in [1.54, 1.807) is 11.6 Å². The quantitative estimate of drug-likeness (QED) is 0.456. The predicted octanol–water partition coefficient (Wildman–Crippen LogP) is 3.51. The standard InChI is InChI=1S/C25H27N5O2/c1-17-23-22(18(2)29(28-23)21-14-8-5-9-15-21)25(32)30(27-17)19(3)24(31)26-16-10-13-20-11-6-4-7-12-20/h4-9,11-12,14-15,19H,10,13,16H2,1-3H3,(H,26,31)/t19-/m1/s1. The third kappa shape index (κ3) is 4.19. The zero-order valence-electron chi connectivity index (χ0n) is 18.6. The second-order valence-electron chi connectivity index (χ2n) is 7.95. The van der Waals surface area contributed by atoms with Crippen LogP contribution in [-0.4, -0.2) is 32.0 Å². The van der Waals surface area contributed by atoms with E-state index < -0.39 is 6.04 Å². The molecule has 7 heteroatoms. The zero-order valence-corrected chi connectivity index (χ0v) is 18.6. The normalized spacial score (nSPS) is 12.1. The summed E-state index contributed by atoms with van der Waals surface area (Å²) < 4.78 is 3.02. The number of aryl methyl sites for hydroxylation is 3. The van der Waals surface area contributed by atoms with Crippen molar-refractivity contribution in [2.24, 2.45) is 0 Å². The van der Waals surface area contributed by atoms with Gasteiger partial charge in [-0.25, -0.2) is 9.36 Å². The fourth-order valence-corrected chi connectivity index (χ4v) is 3.87. The van der Waals surface area contributed by atoms with E-state index >= 15 is 0 Å². The molecule has 0 unspecified atom stereocenters. The molecule has 0 aliphatic rings. The topological polar surface area (TPSA) is 81.8 Å². The number of benzene rings is 2. The van der Waals surface area contributed by atoms with Crippen LogP contribution in [0.25, 0.3) is 16.6 Å². The lowest BCUT2D eigenvalue weighted by atomic mass is 10.1. The molecule has 2 aromatic carbocycles. The minimum absolute atomic E-state index is 0.223. The van der Waals surface area contributed by atoms with Crippen LogP contribution in [0, 0.1) is 13.8 Å². The first-order chi connectivity index (χ1) is 15.5. The van der Waals surface area contributed by atoms with E-state index in [1.807, 2.05) is 62.4 Å². The number of hydrogen-bond acceptors (Lipinski definition) is 4. The Morgan fingerprint density at radius 2 is 1.66 bits per heavy atom. The Hall–Kier alpha value is -3.74. The molecular formula is C25H27N5O2. The van der Waals surface area contributed by atoms with Crippen molar-refractivity contribution in [1.29, 1.82) is 0 Å². The maximum Gasteiger partial charge on any atom is 0.278 e. The van der Waals surface area contributed by atoms with Gasteiger partial charge in [0.05, 0.1) is 22.5 Å². The first kappa shape index (κ1) is 21.5. The van der Waals surface area contributed by atoms with Crippen LogP contribution in [0.1, 0.15) is 36.3 Å². The van der Waals surface area contributed by atoms with Crippen molar-refractivity contribution >= 4 is 16.8 Å². The Bertz CT molecular complexity index is 1290. The van der Waals surface area contributed by atoms with Gasteiger partial charge in [0.25, 0.3) is 5.56 Å². The number of amides is 1. The summed E-state index contributed by atoms with van der Waals surface area (Å²) in [5.41, 5.74) is 3.70. The third-order valence-electron chi connectivity index (χ3n) is 5.67. The van der Waals surface area contributed by atoms with Crippen LogP contribution < -0.4 is 10.9 Å². The van der Waals surface area contributed by atoms with Crippen LogP contribution in [0.5, 0.6) is 0 Å². The number of carbonyl (C=O) groups excluding carboxylic acids is 1.